The van der Waals surface area contributed by atoms with E-state index in [0.717, 1.165) is 57.8 Å². The monoisotopic (exact) mass is 506 g/mol. The largest absolute Gasteiger partial charge is 0.383 e. The molecule has 2 aromatic heterocycles. The normalized spacial score (nSPS) is 13.1. The molecular formula is C25H42N6O5. The van der Waals surface area contributed by atoms with E-state index in [4.69, 9.17) is 5.73 Å². The number of rotatable bonds is 17. The smallest absolute Gasteiger partial charge is 0.332 e. The van der Waals surface area contributed by atoms with Gasteiger partial charge in [-0.3, -0.25) is 23.5 Å². The summed E-state index contributed by atoms with van der Waals surface area (Å²) in [5, 5.41) is 12.5. The predicted molar refractivity (Wildman–Crippen MR) is 139 cm³/mol. The number of nitrogens with one attached hydrogen (secondary N) is 1. The number of carbonyl (C=O) groups excluding carboxylic acids is 2. The lowest BCUT2D eigenvalue weighted by molar-refractivity contribution is -0.134. The highest BCUT2D eigenvalue weighted by atomic mass is 16.3. The van der Waals surface area contributed by atoms with Crippen LogP contribution in [-0.2, 0) is 30.2 Å². The fourth-order valence-electron chi connectivity index (χ4n) is 4.29. The summed E-state index contributed by atoms with van der Waals surface area (Å²) >= 11 is 0. The average molecular weight is 507 g/mol. The summed E-state index contributed by atoms with van der Waals surface area (Å²) in [6.45, 7) is 2.71. The van der Waals surface area contributed by atoms with Gasteiger partial charge in [0.15, 0.2) is 16.9 Å². The van der Waals surface area contributed by atoms with Gasteiger partial charge in [0.05, 0.1) is 6.33 Å². The van der Waals surface area contributed by atoms with Crippen molar-refractivity contribution in [1.29, 1.82) is 0 Å². The first-order valence-electron chi connectivity index (χ1n) is 13.1. The van der Waals surface area contributed by atoms with Crippen LogP contribution in [-0.4, -0.2) is 54.2 Å². The van der Waals surface area contributed by atoms with Gasteiger partial charge in [-0.25, -0.2) is 9.78 Å². The summed E-state index contributed by atoms with van der Waals surface area (Å²) in [7, 11) is 3.39. The lowest BCUT2D eigenvalue weighted by Crippen LogP contribution is -2.51. The fraction of sp³-hybridized carbons (Fsp3) is 0.720. The number of ketones is 1. The summed E-state index contributed by atoms with van der Waals surface area (Å²) in [6.07, 6.45) is 9.90. The highest BCUT2D eigenvalue weighted by Crippen LogP contribution is 2.10. The molecule has 0 spiro atoms. The van der Waals surface area contributed by atoms with Gasteiger partial charge in [0.2, 0.25) is 5.91 Å². The van der Waals surface area contributed by atoms with Crippen LogP contribution in [0.4, 0.5) is 0 Å². The number of amides is 1. The number of nitrogens with two attached hydrogens (primary N) is 1. The van der Waals surface area contributed by atoms with E-state index < -0.39 is 23.8 Å². The number of fused-ring (bicyclic) bond motifs is 1. The Balaban J connectivity index is 1.54. The quantitative estimate of drug-likeness (QED) is 0.272. The maximum atomic E-state index is 12.7. The lowest BCUT2D eigenvalue weighted by Gasteiger charge is -2.17. The van der Waals surface area contributed by atoms with Crippen LogP contribution in [0.1, 0.15) is 77.6 Å². The zero-order chi connectivity index (χ0) is 26.7. The highest BCUT2D eigenvalue weighted by molar-refractivity contribution is 5.92. The Morgan fingerprint density at radius 3 is 2.22 bits per heavy atom. The summed E-state index contributed by atoms with van der Waals surface area (Å²) in [5.41, 5.74) is 5.92. The molecule has 2 rings (SSSR count). The van der Waals surface area contributed by atoms with Crippen molar-refractivity contribution in [3.63, 3.8) is 0 Å². The highest BCUT2D eigenvalue weighted by Gasteiger charge is 2.27. The van der Waals surface area contributed by atoms with Crippen LogP contribution in [0.15, 0.2) is 15.9 Å². The summed E-state index contributed by atoms with van der Waals surface area (Å²) in [6, 6.07) is -1.22. The minimum Gasteiger partial charge on any atom is -0.383 e. The summed E-state index contributed by atoms with van der Waals surface area (Å²) in [4.78, 5) is 53.0. The number of aromatic nitrogens is 4. The predicted octanol–water partition coefficient (Wildman–Crippen LogP) is 1.12. The van der Waals surface area contributed by atoms with Gasteiger partial charge in [0.1, 0.15) is 12.1 Å². The Hall–Kier alpha value is -2.79. The van der Waals surface area contributed by atoms with E-state index >= 15 is 0 Å². The molecule has 202 valence electrons. The van der Waals surface area contributed by atoms with Gasteiger partial charge < -0.3 is 20.7 Å². The second-order valence-electron chi connectivity index (χ2n) is 9.49. The molecule has 36 heavy (non-hydrogen) atoms. The third-order valence-corrected chi connectivity index (χ3v) is 6.53. The van der Waals surface area contributed by atoms with Crippen LogP contribution < -0.4 is 22.3 Å². The molecule has 0 saturated heterocycles. The number of imidazole rings is 1. The second kappa shape index (κ2) is 14.7. The first-order valence-corrected chi connectivity index (χ1v) is 13.1. The average Bonchev–Trinajstić information content (AvgIpc) is 3.25. The van der Waals surface area contributed by atoms with Crippen molar-refractivity contribution in [2.75, 3.05) is 6.54 Å². The topological polar surface area (TPSA) is 154 Å². The molecule has 0 aliphatic heterocycles. The molecule has 0 aliphatic rings. The number of aliphatic hydroxyl groups is 1. The Kier molecular flexibility index (Phi) is 12.0. The Labute approximate surface area is 211 Å². The molecule has 0 aliphatic carbocycles. The molecular weight excluding hydrogens is 464 g/mol. The van der Waals surface area contributed by atoms with Crippen LogP contribution in [0.3, 0.4) is 0 Å². The fourth-order valence-corrected chi connectivity index (χ4v) is 4.29. The number of aliphatic hydroxyl groups excluding tert-OH is 1. The van der Waals surface area contributed by atoms with Crippen LogP contribution in [0, 0.1) is 0 Å². The van der Waals surface area contributed by atoms with E-state index in [1.54, 1.807) is 25.0 Å². The Morgan fingerprint density at radius 2 is 1.61 bits per heavy atom. The molecule has 0 bridgehead atoms. The van der Waals surface area contributed by atoms with E-state index in [-0.39, 0.29) is 17.7 Å². The standard InChI is InChI=1S/C25H42N6O5/c1-4-14-18(32)21(33)19(26)23(34)27-15-12-10-8-6-5-7-9-11-13-16-31-24(35)20-22(28-17-29(20)2)30(3)25(31)36/h17,19,21,33H,4-16,26H2,1-3H3,(H,27,34)/t19-,21?/m0/s1. The molecule has 11 heteroatoms. The third kappa shape index (κ3) is 7.86. The van der Waals surface area contributed by atoms with Gasteiger partial charge in [-0.15, -0.1) is 0 Å². The minimum absolute atomic E-state index is 0.213. The molecule has 1 amide bonds. The molecule has 0 fully saturated rings. The van der Waals surface area contributed by atoms with Gasteiger partial charge in [-0.1, -0.05) is 51.9 Å². The SMILES string of the molecule is CCCC(=O)C(O)[C@H](N)C(=O)NCCCCCCCCCCCn1c(=O)c2c(ncn2C)n(C)c1=O. The number of aryl methyl sites for hydroxylation is 2. The van der Waals surface area contributed by atoms with Crippen LogP contribution in [0.5, 0.6) is 0 Å². The van der Waals surface area contributed by atoms with Crippen molar-refractivity contribution >= 4 is 22.9 Å². The van der Waals surface area contributed by atoms with Crippen molar-refractivity contribution in [3.8, 4) is 0 Å². The maximum Gasteiger partial charge on any atom is 0.332 e. The molecule has 1 unspecified atom stereocenters. The van der Waals surface area contributed by atoms with Crippen molar-refractivity contribution < 1.29 is 14.7 Å². The molecule has 2 atom stereocenters. The van der Waals surface area contributed by atoms with E-state index in [2.05, 4.69) is 10.3 Å². The molecule has 0 aromatic carbocycles. The Bertz CT molecular complexity index is 1120. The Morgan fingerprint density at radius 1 is 1.03 bits per heavy atom. The van der Waals surface area contributed by atoms with Crippen LogP contribution >= 0.6 is 0 Å². The number of nitrogens with zero attached hydrogens (tertiary/aromatic N) is 4. The van der Waals surface area contributed by atoms with Gasteiger partial charge in [0, 0.05) is 33.6 Å². The van der Waals surface area contributed by atoms with Gasteiger partial charge >= 0.3 is 5.69 Å². The lowest BCUT2D eigenvalue weighted by atomic mass is 10.0. The molecule has 11 nitrogen and oxygen atoms in total. The van der Waals surface area contributed by atoms with Gasteiger partial charge in [-0.05, 0) is 19.3 Å². The minimum atomic E-state index is -1.44. The second-order valence-corrected chi connectivity index (χ2v) is 9.49. The van der Waals surface area contributed by atoms with Crippen LogP contribution in [0.2, 0.25) is 0 Å². The number of carbonyl (C=O) groups is 2. The zero-order valence-electron chi connectivity index (χ0n) is 21.9. The van der Waals surface area contributed by atoms with E-state index in [1.165, 1.54) is 9.13 Å². The number of unbranched alkanes of at least 4 members (excludes halogenated alkanes) is 8. The first kappa shape index (κ1) is 29.4. The summed E-state index contributed by atoms with van der Waals surface area (Å²) in [5.74, 6) is -0.892. The molecule has 2 aromatic rings. The van der Waals surface area contributed by atoms with Crippen molar-refractivity contribution in [3.05, 3.63) is 27.2 Å². The summed E-state index contributed by atoms with van der Waals surface area (Å²) < 4.78 is 4.38. The maximum absolute atomic E-state index is 12.7. The van der Waals surface area contributed by atoms with Gasteiger partial charge in [0.25, 0.3) is 5.56 Å². The number of Topliss-reactive ketones (excluding diaryl/α,β-unsaturated/α-hetero) is 1. The van der Waals surface area contributed by atoms with Crippen molar-refractivity contribution in [1.82, 2.24) is 24.0 Å². The molecule has 2 heterocycles. The van der Waals surface area contributed by atoms with Crippen molar-refractivity contribution in [2.24, 2.45) is 19.8 Å². The number of hydrogen-bond acceptors (Lipinski definition) is 7. The van der Waals surface area contributed by atoms with E-state index in [1.807, 2.05) is 6.92 Å². The van der Waals surface area contributed by atoms with Crippen molar-refractivity contribution in [2.45, 2.75) is 96.2 Å². The zero-order valence-corrected chi connectivity index (χ0v) is 21.9. The van der Waals surface area contributed by atoms with E-state index in [0.29, 0.717) is 30.7 Å². The number of hydrogen-bond donors (Lipinski definition) is 3. The molecule has 0 saturated carbocycles. The van der Waals surface area contributed by atoms with Gasteiger partial charge in [-0.2, -0.15) is 0 Å². The van der Waals surface area contributed by atoms with Crippen LogP contribution in [0.25, 0.3) is 11.2 Å². The van der Waals surface area contributed by atoms with E-state index in [9.17, 15) is 24.3 Å². The first-order chi connectivity index (χ1) is 17.2. The molecule has 0 radical (unpaired) electrons. The molecule has 4 N–H and O–H groups in total. The third-order valence-electron chi connectivity index (χ3n) is 6.53.